The maximum absolute atomic E-state index is 12.7. The van der Waals surface area contributed by atoms with Crippen molar-refractivity contribution in [2.75, 3.05) is 7.11 Å². The van der Waals surface area contributed by atoms with Crippen LogP contribution in [0.15, 0.2) is 42.5 Å². The highest BCUT2D eigenvalue weighted by Gasteiger charge is 2.15. The molecule has 0 aliphatic rings. The van der Waals surface area contributed by atoms with Crippen molar-refractivity contribution in [2.24, 2.45) is 0 Å². The zero-order valence-corrected chi connectivity index (χ0v) is 13.1. The van der Waals surface area contributed by atoms with Gasteiger partial charge in [-0.15, -0.1) is 11.3 Å². The molecule has 0 N–H and O–H groups in total. The molecule has 3 aromatic rings. The summed E-state index contributed by atoms with van der Waals surface area (Å²) in [6, 6.07) is 13.8. The van der Waals surface area contributed by atoms with Gasteiger partial charge in [0.05, 0.1) is 12.0 Å². The third-order valence-electron chi connectivity index (χ3n) is 3.58. The largest absolute Gasteiger partial charge is 0.496 e. The Labute approximate surface area is 128 Å². The van der Waals surface area contributed by atoms with E-state index in [1.807, 2.05) is 56.3 Å². The predicted octanol–water partition coefficient (Wildman–Crippen LogP) is 4.76. The molecule has 0 bridgehead atoms. The van der Waals surface area contributed by atoms with E-state index < -0.39 is 0 Å². The molecule has 106 valence electrons. The van der Waals surface area contributed by atoms with Crippen LogP contribution in [0.25, 0.3) is 10.1 Å². The maximum atomic E-state index is 12.7. The fraction of sp³-hybridized carbons (Fsp3) is 0.167. The van der Waals surface area contributed by atoms with Gasteiger partial charge in [0.2, 0.25) is 5.78 Å². The van der Waals surface area contributed by atoms with Crippen molar-refractivity contribution < 1.29 is 9.53 Å². The van der Waals surface area contributed by atoms with Gasteiger partial charge in [0.1, 0.15) is 5.75 Å². The van der Waals surface area contributed by atoms with Crippen LogP contribution in [0.5, 0.6) is 5.75 Å². The predicted molar refractivity (Wildman–Crippen MR) is 87.7 cm³/mol. The lowest BCUT2D eigenvalue weighted by atomic mass is 10.0. The number of thiophene rings is 1. The van der Waals surface area contributed by atoms with Crippen LogP contribution in [-0.4, -0.2) is 12.9 Å². The van der Waals surface area contributed by atoms with Crippen molar-refractivity contribution in [2.45, 2.75) is 13.8 Å². The van der Waals surface area contributed by atoms with Crippen LogP contribution in [0, 0.1) is 13.8 Å². The molecule has 0 unspecified atom stereocenters. The molecule has 1 heterocycles. The molecule has 0 atom stereocenters. The molecule has 3 rings (SSSR count). The first-order valence-corrected chi connectivity index (χ1v) is 7.60. The summed E-state index contributed by atoms with van der Waals surface area (Å²) in [6.45, 7) is 3.93. The lowest BCUT2D eigenvalue weighted by molar-refractivity contribution is 0.104. The molecule has 1 aromatic heterocycles. The van der Waals surface area contributed by atoms with Crippen LogP contribution in [0.3, 0.4) is 0 Å². The number of aryl methyl sites for hydroxylation is 2. The summed E-state index contributed by atoms with van der Waals surface area (Å²) in [5.41, 5.74) is 2.70. The number of fused-ring (bicyclic) bond motifs is 1. The highest BCUT2D eigenvalue weighted by Crippen LogP contribution is 2.30. The second kappa shape index (κ2) is 5.34. The van der Waals surface area contributed by atoms with Gasteiger partial charge in [0, 0.05) is 10.3 Å². The highest BCUT2D eigenvalue weighted by molar-refractivity contribution is 7.21. The molecular formula is C18H16O2S. The van der Waals surface area contributed by atoms with Gasteiger partial charge < -0.3 is 4.74 Å². The Bertz CT molecular complexity index is 774. The van der Waals surface area contributed by atoms with Gasteiger partial charge in [0.25, 0.3) is 0 Å². The second-order valence-corrected chi connectivity index (χ2v) is 6.20. The SMILES string of the molecule is COc1c(C)cc(C(=O)c2cc3ccccc3s2)cc1C. The molecule has 0 saturated heterocycles. The summed E-state index contributed by atoms with van der Waals surface area (Å²) in [5, 5.41) is 1.12. The number of benzene rings is 2. The summed E-state index contributed by atoms with van der Waals surface area (Å²) >= 11 is 1.54. The third-order valence-corrected chi connectivity index (χ3v) is 4.69. The fourth-order valence-corrected chi connectivity index (χ4v) is 3.66. The molecular weight excluding hydrogens is 280 g/mol. The molecule has 0 aliphatic carbocycles. The first-order valence-electron chi connectivity index (χ1n) is 6.78. The van der Waals surface area contributed by atoms with Crippen LogP contribution >= 0.6 is 11.3 Å². The van der Waals surface area contributed by atoms with Crippen molar-refractivity contribution in [3.05, 3.63) is 64.0 Å². The van der Waals surface area contributed by atoms with E-state index in [4.69, 9.17) is 4.74 Å². The number of hydrogen-bond donors (Lipinski definition) is 0. The smallest absolute Gasteiger partial charge is 0.203 e. The average Bonchev–Trinajstić information content (AvgIpc) is 2.90. The van der Waals surface area contributed by atoms with E-state index in [2.05, 4.69) is 0 Å². The Hall–Kier alpha value is -2.13. The van der Waals surface area contributed by atoms with Gasteiger partial charge in [-0.1, -0.05) is 18.2 Å². The van der Waals surface area contributed by atoms with E-state index in [9.17, 15) is 4.79 Å². The molecule has 21 heavy (non-hydrogen) atoms. The fourth-order valence-electron chi connectivity index (χ4n) is 2.64. The van der Waals surface area contributed by atoms with E-state index in [1.54, 1.807) is 18.4 Å². The Balaban J connectivity index is 2.05. The quantitative estimate of drug-likeness (QED) is 0.651. The number of rotatable bonds is 3. The number of carbonyl (C=O) groups excluding carboxylic acids is 1. The molecule has 0 fully saturated rings. The van der Waals surface area contributed by atoms with E-state index >= 15 is 0 Å². The van der Waals surface area contributed by atoms with Crippen molar-refractivity contribution in [1.29, 1.82) is 0 Å². The summed E-state index contributed by atoms with van der Waals surface area (Å²) < 4.78 is 6.50. The molecule has 0 aliphatic heterocycles. The Morgan fingerprint density at radius 2 is 1.71 bits per heavy atom. The van der Waals surface area contributed by atoms with Crippen LogP contribution in [0.4, 0.5) is 0 Å². The van der Waals surface area contributed by atoms with Gasteiger partial charge in [-0.05, 0) is 54.6 Å². The molecule has 2 aromatic carbocycles. The third kappa shape index (κ3) is 2.45. The van der Waals surface area contributed by atoms with E-state index in [-0.39, 0.29) is 5.78 Å². The van der Waals surface area contributed by atoms with Crippen molar-refractivity contribution >= 4 is 27.2 Å². The zero-order valence-electron chi connectivity index (χ0n) is 12.3. The number of methoxy groups -OCH3 is 1. The number of carbonyl (C=O) groups is 1. The lowest BCUT2D eigenvalue weighted by Gasteiger charge is -2.10. The van der Waals surface area contributed by atoms with Gasteiger partial charge in [-0.3, -0.25) is 4.79 Å². The zero-order chi connectivity index (χ0) is 15.0. The van der Waals surface area contributed by atoms with Crippen molar-refractivity contribution in [3.63, 3.8) is 0 Å². The lowest BCUT2D eigenvalue weighted by Crippen LogP contribution is -2.01. The summed E-state index contributed by atoms with van der Waals surface area (Å²) in [7, 11) is 1.66. The van der Waals surface area contributed by atoms with Crippen LogP contribution in [0.1, 0.15) is 26.4 Å². The van der Waals surface area contributed by atoms with Gasteiger partial charge in [-0.2, -0.15) is 0 Å². The topological polar surface area (TPSA) is 26.3 Å². The van der Waals surface area contributed by atoms with E-state index in [0.717, 1.165) is 37.4 Å². The normalized spacial score (nSPS) is 10.8. The molecule has 0 spiro atoms. The number of ketones is 1. The summed E-state index contributed by atoms with van der Waals surface area (Å²) in [5.74, 6) is 0.924. The Morgan fingerprint density at radius 1 is 1.05 bits per heavy atom. The molecule has 0 radical (unpaired) electrons. The standard InChI is InChI=1S/C18H16O2S/c1-11-8-14(9-12(2)18(11)20-3)17(19)16-10-13-6-4-5-7-15(13)21-16/h4-10H,1-3H3. The second-order valence-electron chi connectivity index (χ2n) is 5.12. The van der Waals surface area contributed by atoms with Crippen LogP contribution in [0.2, 0.25) is 0 Å². The molecule has 0 amide bonds. The highest BCUT2D eigenvalue weighted by atomic mass is 32.1. The van der Waals surface area contributed by atoms with Crippen LogP contribution < -0.4 is 4.74 Å². The van der Waals surface area contributed by atoms with Gasteiger partial charge in [-0.25, -0.2) is 0 Å². The molecule has 0 saturated carbocycles. The van der Waals surface area contributed by atoms with Crippen molar-refractivity contribution in [3.8, 4) is 5.75 Å². The van der Waals surface area contributed by atoms with Gasteiger partial charge in [0.15, 0.2) is 0 Å². The van der Waals surface area contributed by atoms with Crippen LogP contribution in [-0.2, 0) is 0 Å². The Kier molecular flexibility index (Phi) is 3.52. The minimum absolute atomic E-state index is 0.0741. The number of ether oxygens (including phenoxy) is 1. The first kappa shape index (κ1) is 13.8. The molecule has 2 nitrogen and oxygen atoms in total. The maximum Gasteiger partial charge on any atom is 0.203 e. The van der Waals surface area contributed by atoms with E-state index in [0.29, 0.717) is 0 Å². The van der Waals surface area contributed by atoms with E-state index in [1.165, 1.54) is 0 Å². The minimum atomic E-state index is 0.0741. The average molecular weight is 296 g/mol. The summed E-state index contributed by atoms with van der Waals surface area (Å²) in [6.07, 6.45) is 0. The monoisotopic (exact) mass is 296 g/mol. The summed E-state index contributed by atoms with van der Waals surface area (Å²) in [4.78, 5) is 13.5. The minimum Gasteiger partial charge on any atom is -0.496 e. The van der Waals surface area contributed by atoms with Crippen molar-refractivity contribution in [1.82, 2.24) is 0 Å². The molecule has 3 heteroatoms. The Morgan fingerprint density at radius 3 is 2.33 bits per heavy atom. The number of hydrogen-bond acceptors (Lipinski definition) is 3. The van der Waals surface area contributed by atoms with Gasteiger partial charge >= 0.3 is 0 Å². The first-order chi connectivity index (χ1) is 10.1.